The number of phenolic OH excluding ortho intramolecular Hbond substituents is 1. The van der Waals surface area contributed by atoms with Crippen molar-refractivity contribution in [1.29, 1.82) is 0 Å². The molecular weight excluding hydrogens is 431 g/mol. The summed E-state index contributed by atoms with van der Waals surface area (Å²) in [5, 5.41) is 10.5. The number of hydrogen-bond acceptors (Lipinski definition) is 5. The second-order valence-electron chi connectivity index (χ2n) is 7.49. The van der Waals surface area contributed by atoms with Crippen LogP contribution in [0.15, 0.2) is 73.7 Å². The molecule has 0 fully saturated rings. The van der Waals surface area contributed by atoms with Gasteiger partial charge in [-0.15, -0.1) is 6.58 Å². The molecule has 0 atom stereocenters. The number of nitrogens with two attached hydrogens (primary N) is 1. The summed E-state index contributed by atoms with van der Waals surface area (Å²) in [6.45, 7) is 5.62. The van der Waals surface area contributed by atoms with E-state index in [1.165, 1.54) is 12.4 Å². The third kappa shape index (κ3) is 4.48. The standard InChI is InChI=1S/C24H22F3N5O/c1-2-10-31(17-6-4-3-5-7-17)11-12-32-14-18(21-22(28)29-15-30-23(21)32)16-8-9-19(20(33)13-16)24(25,26)27/h2-9,13-15,33H,1,10-12H2,(H2,28,29,30). The third-order valence-electron chi connectivity index (χ3n) is 5.38. The van der Waals surface area contributed by atoms with E-state index in [0.29, 0.717) is 41.8 Å². The highest BCUT2D eigenvalue weighted by atomic mass is 19.4. The Morgan fingerprint density at radius 1 is 1.12 bits per heavy atom. The van der Waals surface area contributed by atoms with Gasteiger partial charge in [-0.2, -0.15) is 13.2 Å². The Morgan fingerprint density at radius 2 is 1.88 bits per heavy atom. The molecule has 0 saturated carbocycles. The molecule has 4 rings (SSSR count). The molecular formula is C24H22F3N5O. The molecule has 9 heteroatoms. The summed E-state index contributed by atoms with van der Waals surface area (Å²) in [4.78, 5) is 10.5. The summed E-state index contributed by atoms with van der Waals surface area (Å²) < 4.78 is 41.1. The molecule has 0 aliphatic rings. The molecule has 0 aliphatic carbocycles. The highest BCUT2D eigenvalue weighted by Crippen LogP contribution is 2.40. The van der Waals surface area contributed by atoms with Crippen LogP contribution in [-0.4, -0.2) is 32.7 Å². The van der Waals surface area contributed by atoms with Gasteiger partial charge in [0.2, 0.25) is 0 Å². The van der Waals surface area contributed by atoms with Crippen LogP contribution in [-0.2, 0) is 12.7 Å². The zero-order valence-electron chi connectivity index (χ0n) is 17.6. The SMILES string of the molecule is C=CCN(CCn1cc(-c2ccc(C(F)(F)F)c(O)c2)c2c(N)ncnc21)c1ccccc1. The van der Waals surface area contributed by atoms with E-state index < -0.39 is 17.5 Å². The highest BCUT2D eigenvalue weighted by molar-refractivity contribution is 6.00. The van der Waals surface area contributed by atoms with Crippen LogP contribution in [0.5, 0.6) is 5.75 Å². The minimum atomic E-state index is -4.65. The highest BCUT2D eigenvalue weighted by Gasteiger charge is 2.34. The molecule has 2 heterocycles. The van der Waals surface area contributed by atoms with Crippen molar-refractivity contribution in [3.63, 3.8) is 0 Å². The fourth-order valence-electron chi connectivity index (χ4n) is 3.82. The molecule has 6 nitrogen and oxygen atoms in total. The normalized spacial score (nSPS) is 11.6. The average molecular weight is 453 g/mol. The van der Waals surface area contributed by atoms with Crippen molar-refractivity contribution < 1.29 is 18.3 Å². The largest absolute Gasteiger partial charge is 0.507 e. The lowest BCUT2D eigenvalue weighted by molar-refractivity contribution is -0.138. The van der Waals surface area contributed by atoms with Gasteiger partial charge in [0.15, 0.2) is 0 Å². The number of alkyl halides is 3. The van der Waals surface area contributed by atoms with Crippen LogP contribution in [0.25, 0.3) is 22.2 Å². The van der Waals surface area contributed by atoms with E-state index in [9.17, 15) is 18.3 Å². The first kappa shape index (κ1) is 22.2. The van der Waals surface area contributed by atoms with E-state index in [2.05, 4.69) is 21.4 Å². The zero-order valence-corrected chi connectivity index (χ0v) is 17.6. The number of nitrogen functional groups attached to an aromatic ring is 1. The van der Waals surface area contributed by atoms with Crippen molar-refractivity contribution in [1.82, 2.24) is 14.5 Å². The van der Waals surface area contributed by atoms with Crippen molar-refractivity contribution in [3.05, 3.63) is 79.3 Å². The Morgan fingerprint density at radius 3 is 2.55 bits per heavy atom. The maximum absolute atomic E-state index is 13.1. The quantitative estimate of drug-likeness (QED) is 0.381. The van der Waals surface area contributed by atoms with E-state index in [0.717, 1.165) is 17.8 Å². The van der Waals surface area contributed by atoms with Crippen LogP contribution in [0.1, 0.15) is 5.56 Å². The van der Waals surface area contributed by atoms with E-state index in [1.807, 2.05) is 41.0 Å². The molecule has 0 bridgehead atoms. The Hall–Kier alpha value is -4.01. The van der Waals surface area contributed by atoms with Gasteiger partial charge in [-0.3, -0.25) is 0 Å². The van der Waals surface area contributed by atoms with Crippen molar-refractivity contribution in [3.8, 4) is 16.9 Å². The molecule has 170 valence electrons. The predicted octanol–water partition coefficient (Wildman–Crippen LogP) is 5.10. The summed E-state index contributed by atoms with van der Waals surface area (Å²) in [6, 6.07) is 13.1. The fourth-order valence-corrected chi connectivity index (χ4v) is 3.82. The average Bonchev–Trinajstić information content (AvgIpc) is 3.16. The summed E-state index contributed by atoms with van der Waals surface area (Å²) in [5.74, 6) is -0.642. The molecule has 0 unspecified atom stereocenters. The monoisotopic (exact) mass is 453 g/mol. The molecule has 0 spiro atoms. The Bertz CT molecular complexity index is 1280. The van der Waals surface area contributed by atoms with Gasteiger partial charge in [-0.05, 0) is 29.8 Å². The number of aromatic nitrogens is 3. The summed E-state index contributed by atoms with van der Waals surface area (Å²) in [6.07, 6.45) is 0.290. The van der Waals surface area contributed by atoms with E-state index >= 15 is 0 Å². The molecule has 2 aromatic heterocycles. The van der Waals surface area contributed by atoms with Gasteiger partial charge in [0, 0.05) is 37.1 Å². The predicted molar refractivity (Wildman–Crippen MR) is 123 cm³/mol. The fraction of sp³-hybridized carbons (Fsp3) is 0.167. The number of halogens is 3. The molecule has 0 radical (unpaired) electrons. The number of para-hydroxylation sites is 1. The Balaban J connectivity index is 1.72. The zero-order chi connectivity index (χ0) is 23.6. The topological polar surface area (TPSA) is 80.2 Å². The number of aromatic hydroxyl groups is 1. The van der Waals surface area contributed by atoms with Gasteiger partial charge >= 0.3 is 6.18 Å². The van der Waals surface area contributed by atoms with Gasteiger partial charge < -0.3 is 20.3 Å². The van der Waals surface area contributed by atoms with Crippen molar-refractivity contribution in [2.75, 3.05) is 23.7 Å². The Kier molecular flexibility index (Phi) is 5.95. The number of rotatable bonds is 7. The maximum Gasteiger partial charge on any atom is 0.419 e. The lowest BCUT2D eigenvalue weighted by Gasteiger charge is -2.23. The minimum absolute atomic E-state index is 0.208. The molecule has 33 heavy (non-hydrogen) atoms. The van der Waals surface area contributed by atoms with Crippen molar-refractivity contribution >= 4 is 22.5 Å². The minimum Gasteiger partial charge on any atom is -0.507 e. The summed E-state index contributed by atoms with van der Waals surface area (Å²) >= 11 is 0. The maximum atomic E-state index is 13.1. The first-order valence-electron chi connectivity index (χ1n) is 10.2. The second kappa shape index (κ2) is 8.85. The van der Waals surface area contributed by atoms with Gasteiger partial charge in [0.05, 0.1) is 10.9 Å². The molecule has 0 aliphatic heterocycles. The third-order valence-corrected chi connectivity index (χ3v) is 5.38. The number of benzene rings is 2. The van der Waals surface area contributed by atoms with E-state index in [4.69, 9.17) is 5.73 Å². The van der Waals surface area contributed by atoms with Crippen LogP contribution < -0.4 is 10.6 Å². The first-order chi connectivity index (χ1) is 15.8. The molecule has 0 amide bonds. The smallest absolute Gasteiger partial charge is 0.419 e. The van der Waals surface area contributed by atoms with Crippen LogP contribution in [0, 0.1) is 0 Å². The van der Waals surface area contributed by atoms with Crippen LogP contribution in [0.2, 0.25) is 0 Å². The lowest BCUT2D eigenvalue weighted by Crippen LogP contribution is -2.27. The van der Waals surface area contributed by atoms with Crippen molar-refractivity contribution in [2.45, 2.75) is 12.7 Å². The number of nitrogens with zero attached hydrogens (tertiary/aromatic N) is 4. The first-order valence-corrected chi connectivity index (χ1v) is 10.2. The number of phenols is 1. The van der Waals surface area contributed by atoms with Gasteiger partial charge in [-0.1, -0.05) is 30.3 Å². The van der Waals surface area contributed by atoms with E-state index in [1.54, 1.807) is 6.20 Å². The lowest BCUT2D eigenvalue weighted by atomic mass is 10.0. The number of fused-ring (bicyclic) bond motifs is 1. The molecule has 3 N–H and O–H groups in total. The molecule has 0 saturated heterocycles. The summed E-state index contributed by atoms with van der Waals surface area (Å²) in [7, 11) is 0. The van der Waals surface area contributed by atoms with Crippen LogP contribution >= 0.6 is 0 Å². The molecule has 4 aromatic rings. The van der Waals surface area contributed by atoms with Crippen molar-refractivity contribution in [2.24, 2.45) is 0 Å². The number of hydrogen-bond donors (Lipinski definition) is 2. The van der Waals surface area contributed by atoms with Crippen LogP contribution in [0.4, 0.5) is 24.7 Å². The van der Waals surface area contributed by atoms with E-state index in [-0.39, 0.29) is 5.82 Å². The Labute approximate surface area is 188 Å². The van der Waals surface area contributed by atoms with Gasteiger partial charge in [0.1, 0.15) is 23.5 Å². The summed E-state index contributed by atoms with van der Waals surface area (Å²) in [5.41, 5.74) is 7.54. The second-order valence-corrected chi connectivity index (χ2v) is 7.49. The number of anilines is 2. The van der Waals surface area contributed by atoms with Gasteiger partial charge in [0.25, 0.3) is 0 Å². The molecule has 2 aromatic carbocycles. The van der Waals surface area contributed by atoms with Gasteiger partial charge in [-0.25, -0.2) is 9.97 Å². The van der Waals surface area contributed by atoms with Crippen LogP contribution in [0.3, 0.4) is 0 Å².